The van der Waals surface area contributed by atoms with Crippen LogP contribution in [-0.4, -0.2) is 12.4 Å². The first-order valence-electron chi connectivity index (χ1n) is 26.7. The number of fused-ring (bicyclic) bond motifs is 16. The molecule has 2 atom stereocenters. The molecule has 5 aliphatic rings. The zero-order chi connectivity index (χ0) is 49.1. The number of benzene rings is 7. The van der Waals surface area contributed by atoms with Gasteiger partial charge in [-0.3, -0.25) is 0 Å². The Balaban J connectivity index is 1.19. The third kappa shape index (κ3) is 5.74. The second-order valence-corrected chi connectivity index (χ2v) is 27.3. The van der Waals surface area contributed by atoms with E-state index >= 15 is 0 Å². The first kappa shape index (κ1) is 44.0. The monoisotopic (exact) mass is 947 g/mol. The number of hydrogen-bond donors (Lipinski definition) is 0. The molecule has 9 aromatic rings. The van der Waals surface area contributed by atoms with Crippen LogP contribution in [0.5, 0.6) is 0 Å². The summed E-state index contributed by atoms with van der Waals surface area (Å²) in [6.45, 7) is 29.3. The predicted molar refractivity (Wildman–Crippen MR) is 307 cm³/mol. The molecule has 3 aliphatic heterocycles. The lowest BCUT2D eigenvalue weighted by atomic mass is 9.42. The number of nitrogens with zero attached hydrogens (tertiary/aromatic N) is 2. The van der Waals surface area contributed by atoms with Gasteiger partial charge in [0, 0.05) is 81.1 Å². The summed E-state index contributed by atoms with van der Waals surface area (Å²) in [5.74, 6) is 0. The van der Waals surface area contributed by atoms with Crippen molar-refractivity contribution in [1.82, 2.24) is 0 Å². The van der Waals surface area contributed by atoms with E-state index < -0.39 is 0 Å². The maximum atomic E-state index is 7.69. The molecule has 3 nitrogen and oxygen atoms in total. The van der Waals surface area contributed by atoms with Crippen LogP contribution in [0.1, 0.15) is 149 Å². The van der Waals surface area contributed by atoms with Crippen molar-refractivity contribution in [2.45, 2.75) is 154 Å². The fourth-order valence-electron chi connectivity index (χ4n) is 14.7. The van der Waals surface area contributed by atoms with Crippen molar-refractivity contribution in [3.05, 3.63) is 143 Å². The normalized spacial score (nSPS) is 21.7. The lowest BCUT2D eigenvalue weighted by molar-refractivity contribution is 0.199. The van der Waals surface area contributed by atoms with Gasteiger partial charge in [-0.2, -0.15) is 0 Å². The van der Waals surface area contributed by atoms with Gasteiger partial charge in [0.25, 0.3) is 0 Å². The lowest BCUT2D eigenvalue weighted by Crippen LogP contribution is -2.70. The largest absolute Gasteiger partial charge is 0.456 e. The molecular weight excluding hydrogens is 880 g/mol. The van der Waals surface area contributed by atoms with Gasteiger partial charge < -0.3 is 14.1 Å². The highest BCUT2D eigenvalue weighted by atomic mass is 32.1. The van der Waals surface area contributed by atoms with Crippen molar-refractivity contribution in [3.63, 3.8) is 0 Å². The van der Waals surface area contributed by atoms with Crippen LogP contribution < -0.4 is 20.6 Å². The summed E-state index contributed by atoms with van der Waals surface area (Å²) in [5.41, 5.74) is 22.4. The van der Waals surface area contributed by atoms with Crippen molar-refractivity contribution in [2.75, 3.05) is 9.71 Å². The van der Waals surface area contributed by atoms with E-state index in [2.05, 4.69) is 208 Å². The first-order valence-corrected chi connectivity index (χ1v) is 27.5. The Kier molecular flexibility index (Phi) is 8.69. The molecule has 7 aromatic carbocycles. The van der Waals surface area contributed by atoms with Crippen LogP contribution in [0, 0.1) is 0 Å². The molecule has 1 saturated carbocycles. The predicted octanol–water partition coefficient (Wildman–Crippen LogP) is 17.5. The molecule has 14 rings (SSSR count). The molecule has 1 fully saturated rings. The third-order valence-corrected chi connectivity index (χ3v) is 20.4. The Labute approximate surface area is 425 Å². The number of thiophene rings is 1. The van der Waals surface area contributed by atoms with E-state index in [9.17, 15) is 0 Å². The highest BCUT2D eigenvalue weighted by molar-refractivity contribution is 7.26. The highest BCUT2D eigenvalue weighted by Gasteiger charge is 2.64. The van der Waals surface area contributed by atoms with Gasteiger partial charge in [0.15, 0.2) is 0 Å². The summed E-state index contributed by atoms with van der Waals surface area (Å²) in [4.78, 5) is 5.70. The van der Waals surface area contributed by atoms with Crippen LogP contribution in [0.25, 0.3) is 64.4 Å². The van der Waals surface area contributed by atoms with E-state index in [1.54, 1.807) is 5.56 Å². The zero-order valence-electron chi connectivity index (χ0n) is 44.0. The molecule has 0 amide bonds. The van der Waals surface area contributed by atoms with E-state index in [1.807, 2.05) is 11.3 Å². The molecule has 5 heteroatoms. The van der Waals surface area contributed by atoms with Crippen molar-refractivity contribution < 1.29 is 4.42 Å². The van der Waals surface area contributed by atoms with E-state index in [4.69, 9.17) is 4.42 Å². The Hall–Kier alpha value is -5.78. The topological polar surface area (TPSA) is 19.6 Å². The van der Waals surface area contributed by atoms with Gasteiger partial charge in [-0.1, -0.05) is 150 Å². The second kappa shape index (κ2) is 14.0. The van der Waals surface area contributed by atoms with E-state index in [1.165, 1.54) is 141 Å². The average Bonchev–Trinajstić information content (AvgIpc) is 3.96. The van der Waals surface area contributed by atoms with Crippen molar-refractivity contribution in [3.8, 4) is 22.3 Å². The van der Waals surface area contributed by atoms with Gasteiger partial charge in [0.1, 0.15) is 11.2 Å². The van der Waals surface area contributed by atoms with Crippen LogP contribution in [0.15, 0.2) is 120 Å². The molecule has 356 valence electrons. The molecule has 0 spiro atoms. The quantitative estimate of drug-likeness (QED) is 0.161. The van der Waals surface area contributed by atoms with Gasteiger partial charge in [-0.05, 0) is 148 Å². The summed E-state index contributed by atoms with van der Waals surface area (Å²) in [5, 5.41) is 5.15. The minimum atomic E-state index is -0.141. The molecule has 2 aromatic heterocycles. The van der Waals surface area contributed by atoms with Crippen LogP contribution in [0.3, 0.4) is 0 Å². The summed E-state index contributed by atoms with van der Waals surface area (Å²) >= 11 is 1.99. The SMILES string of the molecule is CC(C)(C)c1ccc(N2c3cc4c(sc5ccccc54)c4c3B(c3c2ccc2c3oc3cc5c(cc32)C(C)(C)CCC5(C)C)N2c3c-4cc(C(C)(C)C)cc3C3(C)CCCCC23C)c(-c2ccccc2)c1. The maximum Gasteiger partial charge on any atom is 0.332 e. The Morgan fingerprint density at radius 2 is 1.23 bits per heavy atom. The summed E-state index contributed by atoms with van der Waals surface area (Å²) < 4.78 is 10.4. The van der Waals surface area contributed by atoms with Crippen molar-refractivity contribution in [2.24, 2.45) is 0 Å². The number of anilines is 4. The number of hydrogen-bond acceptors (Lipinski definition) is 4. The van der Waals surface area contributed by atoms with Gasteiger partial charge in [-0.25, -0.2) is 0 Å². The molecule has 0 bridgehead atoms. The van der Waals surface area contributed by atoms with E-state index in [0.717, 1.165) is 17.6 Å². The van der Waals surface area contributed by atoms with Crippen LogP contribution >= 0.6 is 11.3 Å². The van der Waals surface area contributed by atoms with Crippen molar-refractivity contribution in [1.29, 1.82) is 0 Å². The molecule has 5 heterocycles. The van der Waals surface area contributed by atoms with Gasteiger partial charge >= 0.3 is 6.85 Å². The lowest BCUT2D eigenvalue weighted by Gasteiger charge is -2.55. The van der Waals surface area contributed by atoms with Gasteiger partial charge in [0.05, 0.1) is 5.69 Å². The second-order valence-electron chi connectivity index (χ2n) is 26.2. The van der Waals surface area contributed by atoms with E-state index in [0.29, 0.717) is 0 Å². The minimum Gasteiger partial charge on any atom is -0.456 e. The third-order valence-electron chi connectivity index (χ3n) is 19.2. The Morgan fingerprint density at radius 1 is 0.549 bits per heavy atom. The fraction of sp³-hybridized carbons (Fsp3) is 0.364. The minimum absolute atomic E-state index is 0.0343. The van der Waals surface area contributed by atoms with Gasteiger partial charge in [-0.15, -0.1) is 11.3 Å². The maximum absolute atomic E-state index is 7.69. The number of rotatable bonds is 2. The molecule has 0 saturated heterocycles. The molecule has 2 aliphatic carbocycles. The smallest absolute Gasteiger partial charge is 0.332 e. The highest BCUT2D eigenvalue weighted by Crippen LogP contribution is 2.65. The Bertz CT molecular complexity index is 3800. The summed E-state index contributed by atoms with van der Waals surface area (Å²) in [6, 6.07) is 45.5. The molecule has 2 unspecified atom stereocenters. The first-order chi connectivity index (χ1) is 33.7. The fourth-order valence-corrected chi connectivity index (χ4v) is 16.0. The zero-order valence-corrected chi connectivity index (χ0v) is 44.8. The number of furan rings is 1. The van der Waals surface area contributed by atoms with Gasteiger partial charge in [0.2, 0.25) is 0 Å². The Morgan fingerprint density at radius 3 is 1.97 bits per heavy atom. The van der Waals surface area contributed by atoms with E-state index in [-0.39, 0.29) is 39.5 Å². The summed E-state index contributed by atoms with van der Waals surface area (Å²) in [7, 11) is 0. The van der Waals surface area contributed by atoms with Crippen LogP contribution in [0.2, 0.25) is 0 Å². The van der Waals surface area contributed by atoms with Crippen LogP contribution in [0.4, 0.5) is 22.7 Å². The average molecular weight is 947 g/mol. The van der Waals surface area contributed by atoms with Crippen LogP contribution in [-0.2, 0) is 27.1 Å². The molecule has 71 heavy (non-hydrogen) atoms. The standard InChI is InChI=1S/C66H67BN2OS/c1-61(2,3)39-24-26-50(43(32-39)38-20-14-13-15-21-38)68-51-27-25-42-44-35-47-48(64(9,10)31-30-63(47,7)8)37-53(44)70-59(42)57(51)67-56-52(68)36-45-41-22-16-17-23-54(41)71-60(45)55(56)46-33-40(62(4,5)6)34-49-58(46)69(67)66(12)29-19-18-28-65(49,66)11/h13-17,20-27,32-37H,18-19,28-31H2,1-12H3. The molecule has 0 N–H and O–H groups in total. The summed E-state index contributed by atoms with van der Waals surface area (Å²) in [6.07, 6.45) is 7.15. The van der Waals surface area contributed by atoms with Crippen molar-refractivity contribution >= 4 is 94.0 Å². The molecule has 0 radical (unpaired) electrons. The molecular formula is C66H67BN2OS.